The Morgan fingerprint density at radius 3 is 2.59 bits per heavy atom. The molecule has 1 aliphatic heterocycles. The van der Waals surface area contributed by atoms with Gasteiger partial charge in [0.05, 0.1) is 18.3 Å². The molecule has 0 aliphatic carbocycles. The number of ether oxygens (including phenoxy) is 1. The van der Waals surface area contributed by atoms with Gasteiger partial charge in [-0.05, 0) is 34.6 Å². The third-order valence-electron chi connectivity index (χ3n) is 2.84. The van der Waals surface area contributed by atoms with Crippen LogP contribution in [0.15, 0.2) is 0 Å². The molecular weight excluding hydrogens is 216 g/mol. The van der Waals surface area contributed by atoms with Crippen molar-refractivity contribution in [2.75, 3.05) is 32.8 Å². The van der Waals surface area contributed by atoms with Crippen LogP contribution in [0.25, 0.3) is 0 Å². The van der Waals surface area contributed by atoms with E-state index in [0.29, 0.717) is 0 Å². The molecule has 1 fully saturated rings. The molecule has 1 heterocycles. The normalized spacial score (nSPS) is 26.1. The highest BCUT2D eigenvalue weighted by molar-refractivity contribution is 4.84. The molecule has 1 aliphatic rings. The summed E-state index contributed by atoms with van der Waals surface area (Å²) in [6.07, 6.45) is -0.0478. The maximum absolute atomic E-state index is 9.23. The number of morpholine rings is 1. The van der Waals surface area contributed by atoms with Crippen LogP contribution in [0.2, 0.25) is 0 Å². The lowest BCUT2D eigenvalue weighted by Gasteiger charge is -2.42. The van der Waals surface area contributed by atoms with Gasteiger partial charge in [-0.15, -0.1) is 0 Å². The van der Waals surface area contributed by atoms with E-state index in [1.165, 1.54) is 0 Å². The van der Waals surface area contributed by atoms with Crippen molar-refractivity contribution in [1.82, 2.24) is 10.2 Å². The van der Waals surface area contributed by atoms with E-state index >= 15 is 0 Å². The Hall–Kier alpha value is -0.160. The molecule has 4 nitrogen and oxygen atoms in total. The topological polar surface area (TPSA) is 44.7 Å². The number of rotatable bonds is 4. The highest BCUT2D eigenvalue weighted by atomic mass is 16.5. The van der Waals surface area contributed by atoms with Gasteiger partial charge in [0.15, 0.2) is 0 Å². The van der Waals surface area contributed by atoms with Crippen LogP contribution in [-0.4, -0.2) is 60.0 Å². The summed E-state index contributed by atoms with van der Waals surface area (Å²) in [5.74, 6) is 0. The molecule has 17 heavy (non-hydrogen) atoms. The Kier molecular flexibility index (Phi) is 4.95. The maximum Gasteiger partial charge on any atom is 0.0940 e. The predicted octanol–water partition coefficient (Wildman–Crippen LogP) is 0.846. The summed E-state index contributed by atoms with van der Waals surface area (Å²) in [4.78, 5) is 2.36. The Labute approximate surface area is 105 Å². The highest BCUT2D eigenvalue weighted by Crippen LogP contribution is 2.20. The van der Waals surface area contributed by atoms with Crippen molar-refractivity contribution >= 4 is 0 Å². The molecule has 4 heteroatoms. The van der Waals surface area contributed by atoms with Crippen LogP contribution in [0.5, 0.6) is 0 Å². The number of nitrogens with zero attached hydrogens (tertiary/aromatic N) is 1. The summed E-state index contributed by atoms with van der Waals surface area (Å²) in [5.41, 5.74) is 0.00552. The van der Waals surface area contributed by atoms with E-state index in [-0.39, 0.29) is 23.9 Å². The van der Waals surface area contributed by atoms with Crippen molar-refractivity contribution in [3.63, 3.8) is 0 Å². The van der Waals surface area contributed by atoms with Crippen molar-refractivity contribution < 1.29 is 9.84 Å². The number of aliphatic hydroxyl groups is 1. The summed E-state index contributed by atoms with van der Waals surface area (Å²) >= 11 is 0. The Morgan fingerprint density at radius 2 is 2.06 bits per heavy atom. The molecule has 0 amide bonds. The zero-order chi connectivity index (χ0) is 13.1. The molecule has 0 aromatic carbocycles. The van der Waals surface area contributed by atoms with Crippen molar-refractivity contribution in [3.8, 4) is 0 Å². The third kappa shape index (κ3) is 5.82. The first-order chi connectivity index (χ1) is 7.72. The average Bonchev–Trinajstić information content (AvgIpc) is 2.13. The molecular formula is C13H28N2O2. The van der Waals surface area contributed by atoms with Crippen LogP contribution in [0, 0.1) is 0 Å². The predicted molar refractivity (Wildman–Crippen MR) is 70.2 cm³/mol. The number of hydrogen-bond donors (Lipinski definition) is 2. The van der Waals surface area contributed by atoms with Gasteiger partial charge in [-0.25, -0.2) is 0 Å². The molecule has 0 bridgehead atoms. The van der Waals surface area contributed by atoms with Crippen LogP contribution in [-0.2, 0) is 4.74 Å². The van der Waals surface area contributed by atoms with Gasteiger partial charge in [0, 0.05) is 31.7 Å². The van der Waals surface area contributed by atoms with Crippen molar-refractivity contribution in [3.05, 3.63) is 0 Å². The minimum absolute atomic E-state index is 0.0478. The highest BCUT2D eigenvalue weighted by Gasteiger charge is 2.32. The molecule has 0 aromatic heterocycles. The summed E-state index contributed by atoms with van der Waals surface area (Å²) in [6, 6.07) is 0. The third-order valence-corrected chi connectivity index (χ3v) is 2.84. The average molecular weight is 244 g/mol. The van der Waals surface area contributed by atoms with Crippen LogP contribution < -0.4 is 5.32 Å². The lowest BCUT2D eigenvalue weighted by molar-refractivity contribution is -0.148. The quantitative estimate of drug-likeness (QED) is 0.769. The molecule has 1 saturated heterocycles. The second-order valence-corrected chi connectivity index (χ2v) is 6.59. The second-order valence-electron chi connectivity index (χ2n) is 6.59. The Balaban J connectivity index is 2.37. The molecule has 2 N–H and O–H groups in total. The van der Waals surface area contributed by atoms with Crippen LogP contribution in [0.3, 0.4) is 0 Å². The van der Waals surface area contributed by atoms with Crippen LogP contribution in [0.4, 0.5) is 0 Å². The molecule has 0 spiro atoms. The van der Waals surface area contributed by atoms with E-state index in [9.17, 15) is 5.11 Å². The zero-order valence-electron chi connectivity index (χ0n) is 11.9. The first kappa shape index (κ1) is 14.9. The van der Waals surface area contributed by atoms with Crippen molar-refractivity contribution in [2.45, 2.75) is 51.9 Å². The fraction of sp³-hybridized carbons (Fsp3) is 1.00. The van der Waals surface area contributed by atoms with Gasteiger partial charge in [-0.1, -0.05) is 0 Å². The van der Waals surface area contributed by atoms with Gasteiger partial charge >= 0.3 is 0 Å². The van der Waals surface area contributed by atoms with Gasteiger partial charge < -0.3 is 15.2 Å². The largest absolute Gasteiger partial charge is 0.394 e. The summed E-state index contributed by atoms with van der Waals surface area (Å²) in [5, 5.41) is 12.7. The molecule has 102 valence electrons. The van der Waals surface area contributed by atoms with Gasteiger partial charge in [0.25, 0.3) is 0 Å². The van der Waals surface area contributed by atoms with E-state index in [2.05, 4.69) is 44.8 Å². The van der Waals surface area contributed by atoms with Crippen LogP contribution >= 0.6 is 0 Å². The molecule has 1 unspecified atom stereocenters. The van der Waals surface area contributed by atoms with E-state index < -0.39 is 0 Å². The van der Waals surface area contributed by atoms with Gasteiger partial charge in [-0.2, -0.15) is 0 Å². The fourth-order valence-electron chi connectivity index (χ4n) is 2.27. The lowest BCUT2D eigenvalue weighted by atomic mass is 10.1. The maximum atomic E-state index is 9.23. The molecule has 1 atom stereocenters. The lowest BCUT2D eigenvalue weighted by Crippen LogP contribution is -2.55. The molecule has 0 aromatic rings. The minimum atomic E-state index is -0.159. The summed E-state index contributed by atoms with van der Waals surface area (Å²) in [7, 11) is 0. The second kappa shape index (κ2) is 5.65. The minimum Gasteiger partial charge on any atom is -0.394 e. The first-order valence-corrected chi connectivity index (χ1v) is 6.48. The van der Waals surface area contributed by atoms with Gasteiger partial charge in [-0.3, -0.25) is 4.90 Å². The van der Waals surface area contributed by atoms with Crippen molar-refractivity contribution in [2.24, 2.45) is 0 Å². The standard InChI is InChI=1S/C13H28N2O2/c1-12(2,3)14-6-7-15-8-11(9-16)17-13(4,5)10-15/h11,14,16H,6-10H2,1-5H3. The SMILES string of the molecule is CC(C)(C)NCCN1CC(CO)OC(C)(C)C1. The van der Waals surface area contributed by atoms with E-state index in [4.69, 9.17) is 4.74 Å². The Bertz CT molecular complexity index is 236. The molecule has 0 radical (unpaired) electrons. The van der Waals surface area contributed by atoms with Gasteiger partial charge in [0.2, 0.25) is 0 Å². The van der Waals surface area contributed by atoms with Gasteiger partial charge in [0.1, 0.15) is 0 Å². The number of hydrogen-bond acceptors (Lipinski definition) is 4. The Morgan fingerprint density at radius 1 is 1.41 bits per heavy atom. The molecule has 0 saturated carbocycles. The summed E-state index contributed by atoms with van der Waals surface area (Å²) in [6.45, 7) is 14.5. The van der Waals surface area contributed by atoms with Crippen LogP contribution in [0.1, 0.15) is 34.6 Å². The molecule has 1 rings (SSSR count). The zero-order valence-corrected chi connectivity index (χ0v) is 11.9. The van der Waals surface area contributed by atoms with E-state index in [0.717, 1.165) is 26.2 Å². The number of nitrogens with one attached hydrogen (secondary N) is 1. The fourth-order valence-corrected chi connectivity index (χ4v) is 2.27. The van der Waals surface area contributed by atoms with E-state index in [1.807, 2.05) is 0 Å². The monoisotopic (exact) mass is 244 g/mol. The number of aliphatic hydroxyl groups excluding tert-OH is 1. The summed E-state index contributed by atoms with van der Waals surface area (Å²) < 4.78 is 5.79. The smallest absolute Gasteiger partial charge is 0.0940 e. The van der Waals surface area contributed by atoms with Crippen molar-refractivity contribution in [1.29, 1.82) is 0 Å². The van der Waals surface area contributed by atoms with E-state index in [1.54, 1.807) is 0 Å². The first-order valence-electron chi connectivity index (χ1n) is 6.48.